The molecular formula is C23H30N4O2S. The molecule has 0 bridgehead atoms. The highest BCUT2D eigenvalue weighted by Crippen LogP contribution is 2.26. The molecule has 0 saturated carbocycles. The van der Waals surface area contributed by atoms with Gasteiger partial charge in [0.05, 0.1) is 18.0 Å². The summed E-state index contributed by atoms with van der Waals surface area (Å²) in [6, 6.07) is 15.1. The van der Waals surface area contributed by atoms with Crippen molar-refractivity contribution in [1.29, 1.82) is 0 Å². The number of anilines is 2. The molecule has 7 heteroatoms. The molecule has 0 aliphatic carbocycles. The van der Waals surface area contributed by atoms with E-state index in [1.807, 2.05) is 18.2 Å². The predicted octanol–water partition coefficient (Wildman–Crippen LogP) is 3.60. The van der Waals surface area contributed by atoms with Crippen molar-refractivity contribution in [2.45, 2.75) is 13.8 Å². The Bertz CT molecular complexity index is 862. The molecule has 6 nitrogen and oxygen atoms in total. The van der Waals surface area contributed by atoms with Gasteiger partial charge in [0, 0.05) is 31.7 Å². The SMILES string of the molecule is CC(C)COc1ccc(C(=O)NC(=S)Nc2ccccc2N2CCN(C)CC2)cc1. The zero-order valence-electron chi connectivity index (χ0n) is 17.9. The van der Waals surface area contributed by atoms with Crippen LogP contribution in [-0.4, -0.2) is 55.8 Å². The molecule has 1 saturated heterocycles. The maximum absolute atomic E-state index is 12.6. The third-order valence-corrected chi connectivity index (χ3v) is 5.13. The zero-order valence-corrected chi connectivity index (χ0v) is 18.7. The molecule has 0 radical (unpaired) electrons. The Hall–Kier alpha value is -2.64. The summed E-state index contributed by atoms with van der Waals surface area (Å²) in [4.78, 5) is 17.2. The van der Waals surface area contributed by atoms with E-state index in [-0.39, 0.29) is 11.0 Å². The topological polar surface area (TPSA) is 56.8 Å². The van der Waals surface area contributed by atoms with Crippen molar-refractivity contribution in [3.05, 3.63) is 54.1 Å². The molecule has 0 unspecified atom stereocenters. The highest BCUT2D eigenvalue weighted by Gasteiger charge is 2.17. The van der Waals surface area contributed by atoms with Gasteiger partial charge in [0.25, 0.3) is 5.91 Å². The van der Waals surface area contributed by atoms with Crippen molar-refractivity contribution in [3.63, 3.8) is 0 Å². The normalized spacial score (nSPS) is 14.5. The molecule has 0 spiro atoms. The van der Waals surface area contributed by atoms with Gasteiger partial charge in [-0.05, 0) is 61.6 Å². The Morgan fingerprint density at radius 2 is 1.73 bits per heavy atom. The van der Waals surface area contributed by atoms with Gasteiger partial charge in [0.15, 0.2) is 5.11 Å². The van der Waals surface area contributed by atoms with Crippen molar-refractivity contribution < 1.29 is 9.53 Å². The lowest BCUT2D eigenvalue weighted by atomic mass is 10.2. The second-order valence-corrected chi connectivity index (χ2v) is 8.35. The predicted molar refractivity (Wildman–Crippen MR) is 127 cm³/mol. The largest absolute Gasteiger partial charge is 0.493 e. The number of rotatable bonds is 6. The summed E-state index contributed by atoms with van der Waals surface area (Å²) in [5.41, 5.74) is 2.52. The van der Waals surface area contributed by atoms with Gasteiger partial charge >= 0.3 is 0 Å². The number of benzene rings is 2. The summed E-state index contributed by atoms with van der Waals surface area (Å²) in [5, 5.41) is 6.23. The van der Waals surface area contributed by atoms with E-state index in [2.05, 4.69) is 47.4 Å². The lowest BCUT2D eigenvalue weighted by molar-refractivity contribution is 0.0977. The van der Waals surface area contributed by atoms with E-state index in [0.29, 0.717) is 18.1 Å². The van der Waals surface area contributed by atoms with Gasteiger partial charge < -0.3 is 19.9 Å². The Morgan fingerprint density at radius 3 is 2.40 bits per heavy atom. The minimum Gasteiger partial charge on any atom is -0.493 e. The van der Waals surface area contributed by atoms with E-state index in [4.69, 9.17) is 17.0 Å². The number of piperazine rings is 1. The lowest BCUT2D eigenvalue weighted by Crippen LogP contribution is -2.45. The van der Waals surface area contributed by atoms with Crippen molar-refractivity contribution in [3.8, 4) is 5.75 Å². The Balaban J connectivity index is 1.58. The number of hydrogen-bond acceptors (Lipinski definition) is 5. The van der Waals surface area contributed by atoms with E-state index >= 15 is 0 Å². The van der Waals surface area contributed by atoms with Gasteiger partial charge in [-0.15, -0.1) is 0 Å². The van der Waals surface area contributed by atoms with Gasteiger partial charge in [-0.3, -0.25) is 10.1 Å². The number of amides is 1. The number of ether oxygens (including phenoxy) is 1. The van der Waals surface area contributed by atoms with Crippen LogP contribution in [-0.2, 0) is 0 Å². The third-order valence-electron chi connectivity index (χ3n) is 4.92. The van der Waals surface area contributed by atoms with E-state index in [1.54, 1.807) is 24.3 Å². The third kappa shape index (κ3) is 6.18. The molecule has 1 aliphatic rings. The van der Waals surface area contributed by atoms with Crippen LogP contribution >= 0.6 is 12.2 Å². The van der Waals surface area contributed by atoms with E-state index < -0.39 is 0 Å². The van der Waals surface area contributed by atoms with Gasteiger partial charge in [-0.2, -0.15) is 0 Å². The van der Waals surface area contributed by atoms with Gasteiger partial charge in [-0.25, -0.2) is 0 Å². The minimum atomic E-state index is -0.250. The Morgan fingerprint density at radius 1 is 1.07 bits per heavy atom. The van der Waals surface area contributed by atoms with E-state index in [9.17, 15) is 4.79 Å². The van der Waals surface area contributed by atoms with Crippen LogP contribution in [0.4, 0.5) is 11.4 Å². The summed E-state index contributed by atoms with van der Waals surface area (Å²) in [6.45, 7) is 8.79. The number of carbonyl (C=O) groups excluding carboxylic acids is 1. The van der Waals surface area contributed by atoms with Crippen molar-refractivity contribution in [1.82, 2.24) is 10.2 Å². The zero-order chi connectivity index (χ0) is 21.5. The number of likely N-dealkylation sites (N-methyl/N-ethyl adjacent to an activating group) is 1. The van der Waals surface area contributed by atoms with Crippen molar-refractivity contribution in [2.75, 3.05) is 50.1 Å². The molecule has 2 aromatic rings. The minimum absolute atomic E-state index is 0.250. The Labute approximate surface area is 184 Å². The number of nitrogens with one attached hydrogen (secondary N) is 2. The molecule has 0 aromatic heterocycles. The fourth-order valence-corrected chi connectivity index (χ4v) is 3.40. The molecule has 2 aromatic carbocycles. The average molecular weight is 427 g/mol. The second kappa shape index (κ2) is 10.4. The highest BCUT2D eigenvalue weighted by atomic mass is 32.1. The summed E-state index contributed by atoms with van der Waals surface area (Å²) in [7, 11) is 2.13. The summed E-state index contributed by atoms with van der Waals surface area (Å²) in [6.07, 6.45) is 0. The second-order valence-electron chi connectivity index (χ2n) is 7.94. The number of thiocarbonyl (C=S) groups is 1. The summed E-state index contributed by atoms with van der Waals surface area (Å²) >= 11 is 5.39. The van der Waals surface area contributed by atoms with Crippen LogP contribution in [0.3, 0.4) is 0 Å². The Kier molecular flexibility index (Phi) is 7.65. The van der Waals surface area contributed by atoms with Crippen LogP contribution in [0.2, 0.25) is 0 Å². The molecule has 1 amide bonds. The average Bonchev–Trinajstić information content (AvgIpc) is 2.73. The maximum Gasteiger partial charge on any atom is 0.257 e. The quantitative estimate of drug-likeness (QED) is 0.689. The molecule has 3 rings (SSSR count). The molecule has 1 heterocycles. The van der Waals surface area contributed by atoms with Gasteiger partial charge in [0.1, 0.15) is 5.75 Å². The van der Waals surface area contributed by atoms with Crippen LogP contribution < -0.4 is 20.3 Å². The van der Waals surface area contributed by atoms with Crippen LogP contribution in [0.15, 0.2) is 48.5 Å². The lowest BCUT2D eigenvalue weighted by Gasteiger charge is -2.35. The molecule has 30 heavy (non-hydrogen) atoms. The number of hydrogen-bond donors (Lipinski definition) is 2. The standard InChI is InChI=1S/C23H30N4O2S/c1-17(2)16-29-19-10-8-18(9-11-19)22(28)25-23(30)24-20-6-4-5-7-21(20)27-14-12-26(3)13-15-27/h4-11,17H,12-16H2,1-3H3,(H2,24,25,28,30). The van der Waals surface area contributed by atoms with E-state index in [1.165, 1.54) is 0 Å². The van der Waals surface area contributed by atoms with Gasteiger partial charge in [0.2, 0.25) is 0 Å². The number of nitrogens with zero attached hydrogens (tertiary/aromatic N) is 2. The summed E-state index contributed by atoms with van der Waals surface area (Å²) in [5.74, 6) is 0.951. The van der Waals surface area contributed by atoms with E-state index in [0.717, 1.165) is 43.3 Å². The highest BCUT2D eigenvalue weighted by molar-refractivity contribution is 7.80. The first kappa shape index (κ1) is 22.1. The van der Waals surface area contributed by atoms with Gasteiger partial charge in [-0.1, -0.05) is 26.0 Å². The molecule has 1 fully saturated rings. The number of carbonyl (C=O) groups is 1. The van der Waals surface area contributed by atoms with Crippen LogP contribution in [0.5, 0.6) is 5.75 Å². The molecular weight excluding hydrogens is 396 g/mol. The van der Waals surface area contributed by atoms with Crippen LogP contribution in [0.1, 0.15) is 24.2 Å². The first-order chi connectivity index (χ1) is 14.4. The fourth-order valence-electron chi connectivity index (χ4n) is 3.20. The summed E-state index contributed by atoms with van der Waals surface area (Å²) < 4.78 is 5.66. The fraction of sp³-hybridized carbons (Fsp3) is 0.391. The van der Waals surface area contributed by atoms with Crippen LogP contribution in [0.25, 0.3) is 0 Å². The van der Waals surface area contributed by atoms with Crippen molar-refractivity contribution >= 4 is 34.6 Å². The smallest absolute Gasteiger partial charge is 0.257 e. The van der Waals surface area contributed by atoms with Crippen LogP contribution in [0, 0.1) is 5.92 Å². The molecule has 160 valence electrons. The monoisotopic (exact) mass is 426 g/mol. The number of para-hydroxylation sites is 2. The molecule has 1 aliphatic heterocycles. The molecule has 0 atom stereocenters. The maximum atomic E-state index is 12.6. The first-order valence-corrected chi connectivity index (χ1v) is 10.7. The molecule has 2 N–H and O–H groups in total. The van der Waals surface area contributed by atoms with Crippen molar-refractivity contribution in [2.24, 2.45) is 5.92 Å². The first-order valence-electron chi connectivity index (χ1n) is 10.3.